The average molecular weight is 225 g/mol. The largest absolute Gasteiger partial charge is 0.369 e. The van der Waals surface area contributed by atoms with Gasteiger partial charge in [0.15, 0.2) is 0 Å². The number of hydrogen-bond donors (Lipinski definition) is 1. The number of nitrogens with zero attached hydrogens (tertiary/aromatic N) is 4. The van der Waals surface area contributed by atoms with E-state index in [4.69, 9.17) is 5.73 Å². The minimum absolute atomic E-state index is 0.433. The van der Waals surface area contributed by atoms with Crippen LogP contribution in [0.15, 0.2) is 37.1 Å². The van der Waals surface area contributed by atoms with Crippen molar-refractivity contribution in [1.29, 1.82) is 0 Å². The Morgan fingerprint density at radius 3 is 2.88 bits per heavy atom. The van der Waals surface area contributed by atoms with Gasteiger partial charge in [-0.2, -0.15) is 0 Å². The monoisotopic (exact) mass is 225 g/mol. The highest BCUT2D eigenvalue weighted by Gasteiger charge is 2.09. The third-order valence-electron chi connectivity index (χ3n) is 2.78. The summed E-state index contributed by atoms with van der Waals surface area (Å²) in [6, 6.07) is 3.92. The Bertz CT molecular complexity index is 686. The molecule has 2 N–H and O–H groups in total. The van der Waals surface area contributed by atoms with Gasteiger partial charge in [0.2, 0.25) is 5.95 Å². The predicted octanol–water partition coefficient (Wildman–Crippen LogP) is 1.68. The number of hydrogen-bond acceptors (Lipinski definition) is 4. The van der Waals surface area contributed by atoms with Crippen molar-refractivity contribution in [2.24, 2.45) is 0 Å². The number of rotatable bonds is 1. The maximum Gasteiger partial charge on any atom is 0.206 e. The minimum Gasteiger partial charge on any atom is -0.369 e. The van der Waals surface area contributed by atoms with Gasteiger partial charge < -0.3 is 5.73 Å². The van der Waals surface area contributed by atoms with E-state index in [1.54, 1.807) is 29.3 Å². The van der Waals surface area contributed by atoms with Crippen molar-refractivity contribution in [3.8, 4) is 11.1 Å². The van der Waals surface area contributed by atoms with E-state index in [0.717, 1.165) is 22.3 Å². The summed E-state index contributed by atoms with van der Waals surface area (Å²) in [5, 5.41) is 0. The zero-order valence-electron chi connectivity index (χ0n) is 9.33. The normalized spacial score (nSPS) is 10.9. The molecule has 0 aromatic carbocycles. The first-order valence-electron chi connectivity index (χ1n) is 5.26. The molecule has 0 unspecified atom stereocenters. The Morgan fingerprint density at radius 1 is 1.18 bits per heavy atom. The second kappa shape index (κ2) is 3.55. The van der Waals surface area contributed by atoms with E-state index in [2.05, 4.69) is 15.0 Å². The van der Waals surface area contributed by atoms with E-state index >= 15 is 0 Å². The fourth-order valence-corrected chi connectivity index (χ4v) is 1.91. The fraction of sp³-hybridized carbons (Fsp3) is 0.0833. The summed E-state index contributed by atoms with van der Waals surface area (Å²) in [6.45, 7) is 1.97. The molecule has 0 aliphatic heterocycles. The van der Waals surface area contributed by atoms with Gasteiger partial charge in [-0.25, -0.2) is 9.97 Å². The number of imidazole rings is 1. The SMILES string of the molecule is Cc1ncccc1-c1cnc(N)n2cncc12. The first kappa shape index (κ1) is 9.77. The molecule has 0 amide bonds. The minimum atomic E-state index is 0.433. The van der Waals surface area contributed by atoms with Gasteiger partial charge in [-0.05, 0) is 13.0 Å². The number of nitrogen functional groups attached to an aromatic ring is 1. The number of pyridine rings is 1. The maximum absolute atomic E-state index is 5.78. The molecule has 84 valence electrons. The highest BCUT2D eigenvalue weighted by molar-refractivity contribution is 5.81. The van der Waals surface area contributed by atoms with E-state index in [1.165, 1.54) is 0 Å². The zero-order chi connectivity index (χ0) is 11.8. The van der Waals surface area contributed by atoms with E-state index in [9.17, 15) is 0 Å². The molecule has 3 aromatic rings. The Balaban J connectivity index is 2.35. The van der Waals surface area contributed by atoms with Gasteiger partial charge in [0.25, 0.3) is 0 Å². The van der Waals surface area contributed by atoms with Crippen LogP contribution in [0.1, 0.15) is 5.69 Å². The molecule has 5 nitrogen and oxygen atoms in total. The van der Waals surface area contributed by atoms with Gasteiger partial charge in [0.1, 0.15) is 6.33 Å². The number of aromatic nitrogens is 4. The Hall–Kier alpha value is -2.43. The third kappa shape index (κ3) is 1.44. The summed E-state index contributed by atoms with van der Waals surface area (Å²) in [7, 11) is 0. The van der Waals surface area contributed by atoms with E-state index in [0.29, 0.717) is 5.95 Å². The number of aryl methyl sites for hydroxylation is 1. The van der Waals surface area contributed by atoms with Crippen molar-refractivity contribution in [2.45, 2.75) is 6.92 Å². The maximum atomic E-state index is 5.78. The van der Waals surface area contributed by atoms with Crippen LogP contribution in [-0.4, -0.2) is 19.4 Å². The molecule has 0 radical (unpaired) electrons. The molecule has 0 saturated heterocycles. The molecule has 0 saturated carbocycles. The van der Waals surface area contributed by atoms with Crippen molar-refractivity contribution in [3.05, 3.63) is 42.7 Å². The number of anilines is 1. The molecular formula is C12H11N5. The predicted molar refractivity (Wildman–Crippen MR) is 65.4 cm³/mol. The van der Waals surface area contributed by atoms with Gasteiger partial charge in [-0.3, -0.25) is 9.38 Å². The summed E-state index contributed by atoms with van der Waals surface area (Å²) < 4.78 is 1.77. The van der Waals surface area contributed by atoms with Crippen LogP contribution in [0.4, 0.5) is 5.95 Å². The number of nitrogens with two attached hydrogens (primary N) is 1. The van der Waals surface area contributed by atoms with Gasteiger partial charge in [0, 0.05) is 29.2 Å². The molecule has 0 atom stereocenters. The molecule has 5 heteroatoms. The van der Waals surface area contributed by atoms with E-state index in [1.807, 2.05) is 19.1 Å². The van der Waals surface area contributed by atoms with Crippen molar-refractivity contribution in [1.82, 2.24) is 19.4 Å². The molecule has 0 bridgehead atoms. The lowest BCUT2D eigenvalue weighted by Gasteiger charge is -2.07. The van der Waals surface area contributed by atoms with Crippen LogP contribution in [0.5, 0.6) is 0 Å². The molecular weight excluding hydrogens is 214 g/mol. The highest BCUT2D eigenvalue weighted by Crippen LogP contribution is 2.26. The summed E-state index contributed by atoms with van der Waals surface area (Å²) in [5.74, 6) is 0.433. The first-order chi connectivity index (χ1) is 8.27. The Morgan fingerprint density at radius 2 is 2.06 bits per heavy atom. The topological polar surface area (TPSA) is 69.1 Å². The molecule has 0 fully saturated rings. The van der Waals surface area contributed by atoms with Crippen LogP contribution >= 0.6 is 0 Å². The summed E-state index contributed by atoms with van der Waals surface area (Å²) in [4.78, 5) is 12.6. The molecule has 0 aliphatic carbocycles. The second-order valence-electron chi connectivity index (χ2n) is 3.82. The fourth-order valence-electron chi connectivity index (χ4n) is 1.91. The van der Waals surface area contributed by atoms with Crippen LogP contribution in [0, 0.1) is 6.92 Å². The van der Waals surface area contributed by atoms with Crippen molar-refractivity contribution in [3.63, 3.8) is 0 Å². The third-order valence-corrected chi connectivity index (χ3v) is 2.78. The highest BCUT2D eigenvalue weighted by atomic mass is 15.1. The lowest BCUT2D eigenvalue weighted by molar-refractivity contribution is 1.09. The Kier molecular flexibility index (Phi) is 2.04. The van der Waals surface area contributed by atoms with Gasteiger partial charge >= 0.3 is 0 Å². The first-order valence-corrected chi connectivity index (χ1v) is 5.26. The second-order valence-corrected chi connectivity index (χ2v) is 3.82. The summed E-state index contributed by atoms with van der Waals surface area (Å²) >= 11 is 0. The van der Waals surface area contributed by atoms with E-state index < -0.39 is 0 Å². The molecule has 3 rings (SSSR count). The average Bonchev–Trinajstić information content (AvgIpc) is 2.81. The summed E-state index contributed by atoms with van der Waals surface area (Å²) in [5.41, 5.74) is 9.72. The lowest BCUT2D eigenvalue weighted by Crippen LogP contribution is -2.00. The molecule has 17 heavy (non-hydrogen) atoms. The van der Waals surface area contributed by atoms with Gasteiger partial charge in [-0.15, -0.1) is 0 Å². The lowest BCUT2D eigenvalue weighted by atomic mass is 10.1. The van der Waals surface area contributed by atoms with Crippen LogP contribution in [0.3, 0.4) is 0 Å². The van der Waals surface area contributed by atoms with E-state index in [-0.39, 0.29) is 0 Å². The van der Waals surface area contributed by atoms with Crippen molar-refractivity contribution >= 4 is 11.5 Å². The standard InChI is InChI=1S/C12H11N5/c1-8-9(3-2-4-15-8)10-5-16-12(13)17-7-14-6-11(10)17/h2-7H,1H3,(H2,13,16). The molecule has 3 aromatic heterocycles. The van der Waals surface area contributed by atoms with Gasteiger partial charge in [0.05, 0.1) is 11.7 Å². The zero-order valence-corrected chi connectivity index (χ0v) is 9.33. The van der Waals surface area contributed by atoms with Gasteiger partial charge in [-0.1, -0.05) is 6.07 Å². The van der Waals surface area contributed by atoms with Crippen LogP contribution < -0.4 is 5.73 Å². The van der Waals surface area contributed by atoms with Crippen molar-refractivity contribution in [2.75, 3.05) is 5.73 Å². The van der Waals surface area contributed by atoms with Crippen LogP contribution in [0.2, 0.25) is 0 Å². The van der Waals surface area contributed by atoms with Crippen LogP contribution in [0.25, 0.3) is 16.6 Å². The molecule has 0 spiro atoms. The van der Waals surface area contributed by atoms with Crippen LogP contribution in [-0.2, 0) is 0 Å². The molecule has 3 heterocycles. The smallest absolute Gasteiger partial charge is 0.206 e. The van der Waals surface area contributed by atoms with Crippen molar-refractivity contribution < 1.29 is 0 Å². The number of fused-ring (bicyclic) bond motifs is 1. The Labute approximate surface area is 98.0 Å². The summed E-state index contributed by atoms with van der Waals surface area (Å²) in [6.07, 6.45) is 6.97. The molecule has 0 aliphatic rings. The quantitative estimate of drug-likeness (QED) is 0.684.